The van der Waals surface area contributed by atoms with Gasteiger partial charge in [0.1, 0.15) is 24.4 Å². The molecule has 2 saturated heterocycles. The van der Waals surface area contributed by atoms with Crippen molar-refractivity contribution in [2.45, 2.75) is 51.1 Å². The Morgan fingerprint density at radius 2 is 1.28 bits per heavy atom. The summed E-state index contributed by atoms with van der Waals surface area (Å²) in [5, 5.41) is 0. The van der Waals surface area contributed by atoms with Gasteiger partial charge in [0.25, 0.3) is 0 Å². The van der Waals surface area contributed by atoms with Gasteiger partial charge in [0, 0.05) is 0 Å². The summed E-state index contributed by atoms with van der Waals surface area (Å²) < 4.78 is 18.2. The largest absolute Gasteiger partial charge is 0.370 e. The number of rotatable bonds is 10. The zero-order chi connectivity index (χ0) is 20.4. The molecule has 4 unspecified atom stereocenters. The van der Waals surface area contributed by atoms with Crippen LogP contribution in [0.1, 0.15) is 45.6 Å². The lowest BCUT2D eigenvalue weighted by atomic mass is 9.93. The molecule has 0 amide bonds. The monoisotopic (exact) mass is 390 g/mol. The third kappa shape index (κ3) is 4.69. The van der Waals surface area contributed by atoms with Crippen LogP contribution in [0.4, 0.5) is 0 Å². The van der Waals surface area contributed by atoms with Crippen LogP contribution in [0.2, 0.25) is 0 Å². The van der Waals surface area contributed by atoms with Gasteiger partial charge in [0.15, 0.2) is 0 Å². The van der Waals surface area contributed by atoms with Crippen molar-refractivity contribution in [1.82, 2.24) is 0 Å². The zero-order valence-corrected chi connectivity index (χ0v) is 17.4. The van der Waals surface area contributed by atoms with E-state index in [1.807, 2.05) is 12.2 Å². The average Bonchev–Trinajstić information content (AvgIpc) is 3.59. The van der Waals surface area contributed by atoms with Crippen molar-refractivity contribution in [3.63, 3.8) is 0 Å². The Labute approximate surface area is 174 Å². The predicted octanol–water partition coefficient (Wildman–Crippen LogP) is 5.36. The molecule has 2 heterocycles. The van der Waals surface area contributed by atoms with Gasteiger partial charge in [-0.15, -0.1) is 13.2 Å². The summed E-state index contributed by atoms with van der Waals surface area (Å²) in [5.74, 6) is 0. The lowest BCUT2D eigenvalue weighted by Crippen LogP contribution is -2.21. The van der Waals surface area contributed by atoms with Crippen molar-refractivity contribution < 1.29 is 14.2 Å². The summed E-state index contributed by atoms with van der Waals surface area (Å²) in [4.78, 5) is 0. The standard InChI is InChI=1S/C26H30O3/c1-5-7-19-13-17(3)9-11-21(19)25(23-15-27-23)29-26(24-16-28-24)22-12-10-18(4)14-20(22)8-6-2/h5-6,9-14,23-26H,1-2,7-8,15-16H2,3-4H3. The van der Waals surface area contributed by atoms with Crippen LogP contribution in [0.15, 0.2) is 61.7 Å². The van der Waals surface area contributed by atoms with E-state index < -0.39 is 0 Å². The fourth-order valence-corrected chi connectivity index (χ4v) is 4.03. The quantitative estimate of drug-likeness (QED) is 0.405. The molecule has 4 atom stereocenters. The highest BCUT2D eigenvalue weighted by molar-refractivity contribution is 5.38. The molecule has 0 bridgehead atoms. The molecule has 2 aliphatic rings. The van der Waals surface area contributed by atoms with E-state index in [0.717, 1.165) is 26.1 Å². The maximum Gasteiger partial charge on any atom is 0.112 e. The molecule has 2 aromatic carbocycles. The van der Waals surface area contributed by atoms with Crippen LogP contribution in [0.5, 0.6) is 0 Å². The van der Waals surface area contributed by atoms with Crippen molar-refractivity contribution in [3.8, 4) is 0 Å². The summed E-state index contributed by atoms with van der Waals surface area (Å²) in [7, 11) is 0. The number of allylic oxidation sites excluding steroid dienone is 2. The normalized spacial score (nSPS) is 22.0. The highest BCUT2D eigenvalue weighted by Gasteiger charge is 2.43. The molecule has 152 valence electrons. The lowest BCUT2D eigenvalue weighted by Gasteiger charge is -2.27. The van der Waals surface area contributed by atoms with Gasteiger partial charge in [-0.1, -0.05) is 59.7 Å². The first-order valence-corrected chi connectivity index (χ1v) is 10.4. The number of aryl methyl sites for hydroxylation is 2. The van der Waals surface area contributed by atoms with Gasteiger partial charge in [0.2, 0.25) is 0 Å². The Morgan fingerprint density at radius 1 is 0.862 bits per heavy atom. The Balaban J connectivity index is 1.69. The third-order valence-corrected chi connectivity index (χ3v) is 5.63. The number of ether oxygens (including phenoxy) is 3. The molecule has 29 heavy (non-hydrogen) atoms. The second kappa shape index (κ2) is 8.66. The van der Waals surface area contributed by atoms with E-state index in [-0.39, 0.29) is 24.4 Å². The summed E-state index contributed by atoms with van der Waals surface area (Å²) in [6, 6.07) is 13.1. The second-order valence-electron chi connectivity index (χ2n) is 8.11. The molecular formula is C26H30O3. The Kier molecular flexibility index (Phi) is 6.00. The summed E-state index contributed by atoms with van der Waals surface area (Å²) in [6.45, 7) is 13.6. The summed E-state index contributed by atoms with van der Waals surface area (Å²) >= 11 is 0. The van der Waals surface area contributed by atoms with Gasteiger partial charge in [-0.3, -0.25) is 0 Å². The van der Waals surface area contributed by atoms with E-state index in [9.17, 15) is 0 Å². The maximum absolute atomic E-state index is 6.81. The maximum atomic E-state index is 6.81. The van der Waals surface area contributed by atoms with E-state index in [1.54, 1.807) is 0 Å². The van der Waals surface area contributed by atoms with Gasteiger partial charge < -0.3 is 14.2 Å². The zero-order valence-electron chi connectivity index (χ0n) is 17.4. The van der Waals surface area contributed by atoms with E-state index in [0.29, 0.717) is 0 Å². The first-order chi connectivity index (χ1) is 14.1. The van der Waals surface area contributed by atoms with Crippen LogP contribution in [0.25, 0.3) is 0 Å². The fourth-order valence-electron chi connectivity index (χ4n) is 4.03. The van der Waals surface area contributed by atoms with Crippen molar-refractivity contribution in [2.24, 2.45) is 0 Å². The SMILES string of the molecule is C=CCc1cc(C)ccc1C(OC(c1ccc(C)cc1CC=C)C1CO1)C1CO1. The fraction of sp³-hybridized carbons (Fsp3) is 0.385. The molecule has 2 aliphatic heterocycles. The number of hydrogen-bond acceptors (Lipinski definition) is 3. The van der Waals surface area contributed by atoms with E-state index in [2.05, 4.69) is 63.4 Å². The lowest BCUT2D eigenvalue weighted by molar-refractivity contribution is -0.0425. The number of benzene rings is 2. The number of epoxide rings is 2. The molecule has 0 saturated carbocycles. The van der Waals surface area contributed by atoms with E-state index in [1.165, 1.54) is 33.4 Å². The second-order valence-corrected chi connectivity index (χ2v) is 8.11. The van der Waals surface area contributed by atoms with Gasteiger partial charge >= 0.3 is 0 Å². The molecule has 3 nitrogen and oxygen atoms in total. The molecule has 0 spiro atoms. The molecule has 3 heteroatoms. The van der Waals surface area contributed by atoms with Gasteiger partial charge in [-0.2, -0.15) is 0 Å². The van der Waals surface area contributed by atoms with Crippen LogP contribution < -0.4 is 0 Å². The van der Waals surface area contributed by atoms with Crippen molar-refractivity contribution in [2.75, 3.05) is 13.2 Å². The average molecular weight is 391 g/mol. The Morgan fingerprint density at radius 3 is 1.62 bits per heavy atom. The molecular weight excluding hydrogens is 360 g/mol. The first kappa shape index (κ1) is 20.1. The van der Waals surface area contributed by atoms with Crippen molar-refractivity contribution in [3.05, 3.63) is 95.1 Å². The van der Waals surface area contributed by atoms with Crippen LogP contribution in [-0.2, 0) is 27.1 Å². The highest BCUT2D eigenvalue weighted by atomic mass is 16.6. The van der Waals surface area contributed by atoms with Crippen molar-refractivity contribution >= 4 is 0 Å². The molecule has 4 rings (SSSR count). The van der Waals surface area contributed by atoms with Crippen LogP contribution in [0, 0.1) is 13.8 Å². The Hall–Kier alpha value is -2.20. The summed E-state index contributed by atoms with van der Waals surface area (Å²) in [5.41, 5.74) is 7.39. The third-order valence-electron chi connectivity index (χ3n) is 5.63. The van der Waals surface area contributed by atoms with Crippen LogP contribution in [-0.4, -0.2) is 25.4 Å². The minimum absolute atomic E-state index is 0.0934. The van der Waals surface area contributed by atoms with E-state index in [4.69, 9.17) is 14.2 Å². The minimum Gasteiger partial charge on any atom is -0.370 e. The van der Waals surface area contributed by atoms with Gasteiger partial charge in [0.05, 0.1) is 13.2 Å². The molecule has 2 fully saturated rings. The topological polar surface area (TPSA) is 34.3 Å². The smallest absolute Gasteiger partial charge is 0.112 e. The Bertz CT molecular complexity index is 819. The molecule has 0 N–H and O–H groups in total. The minimum atomic E-state index is -0.113. The molecule has 0 aliphatic carbocycles. The van der Waals surface area contributed by atoms with E-state index >= 15 is 0 Å². The molecule has 2 aromatic rings. The van der Waals surface area contributed by atoms with Crippen LogP contribution in [0.3, 0.4) is 0 Å². The highest BCUT2D eigenvalue weighted by Crippen LogP contribution is 2.42. The molecule has 0 aromatic heterocycles. The van der Waals surface area contributed by atoms with Gasteiger partial charge in [-0.25, -0.2) is 0 Å². The molecule has 0 radical (unpaired) electrons. The summed E-state index contributed by atoms with van der Waals surface area (Å²) in [6.07, 6.45) is 5.50. The van der Waals surface area contributed by atoms with Crippen molar-refractivity contribution in [1.29, 1.82) is 0 Å². The number of hydrogen-bond donors (Lipinski definition) is 0. The van der Waals surface area contributed by atoms with Gasteiger partial charge in [-0.05, 0) is 48.9 Å². The first-order valence-electron chi connectivity index (χ1n) is 10.4. The van der Waals surface area contributed by atoms with Crippen LogP contribution >= 0.6 is 0 Å². The predicted molar refractivity (Wildman–Crippen MR) is 116 cm³/mol.